The topological polar surface area (TPSA) is 41.1 Å². The van der Waals surface area contributed by atoms with Crippen molar-refractivity contribution in [3.8, 4) is 0 Å². The molecule has 1 aliphatic rings. The molecule has 5 heteroatoms. The second-order valence-electron chi connectivity index (χ2n) is 4.63. The number of benzene rings is 2. The molecule has 0 bridgehead atoms. The summed E-state index contributed by atoms with van der Waals surface area (Å²) in [6, 6.07) is 10.7. The van der Waals surface area contributed by atoms with Crippen molar-refractivity contribution < 1.29 is 4.79 Å². The van der Waals surface area contributed by atoms with Crippen LogP contribution in [0.15, 0.2) is 36.4 Å². The van der Waals surface area contributed by atoms with Gasteiger partial charge in [0.05, 0.1) is 10.0 Å². The molecule has 0 spiro atoms. The summed E-state index contributed by atoms with van der Waals surface area (Å²) in [5.74, 6) is -0.200. The Morgan fingerprint density at radius 2 is 1.95 bits per heavy atom. The minimum Gasteiger partial charge on any atom is -0.384 e. The first-order chi connectivity index (χ1) is 9.63. The Bertz CT molecular complexity index is 686. The molecule has 0 fully saturated rings. The highest BCUT2D eigenvalue weighted by atomic mass is 35.5. The number of amides is 1. The van der Waals surface area contributed by atoms with E-state index in [1.54, 1.807) is 18.2 Å². The second kappa shape index (κ2) is 5.35. The Balaban J connectivity index is 1.80. The van der Waals surface area contributed by atoms with Crippen molar-refractivity contribution in [2.24, 2.45) is 0 Å². The van der Waals surface area contributed by atoms with Crippen molar-refractivity contribution in [3.05, 3.63) is 57.6 Å². The van der Waals surface area contributed by atoms with Crippen LogP contribution in [-0.4, -0.2) is 12.5 Å². The normalized spacial score (nSPS) is 12.7. The van der Waals surface area contributed by atoms with Gasteiger partial charge in [-0.3, -0.25) is 4.79 Å². The van der Waals surface area contributed by atoms with E-state index in [2.05, 4.69) is 10.6 Å². The van der Waals surface area contributed by atoms with Crippen LogP contribution < -0.4 is 10.6 Å². The highest BCUT2D eigenvalue weighted by molar-refractivity contribution is 6.42. The second-order valence-corrected chi connectivity index (χ2v) is 5.45. The SMILES string of the molecule is O=C(Nc1ccc2c(c1)CCN2)c1ccc(Cl)c(Cl)c1. The molecule has 2 aromatic rings. The van der Waals surface area contributed by atoms with E-state index < -0.39 is 0 Å². The summed E-state index contributed by atoms with van der Waals surface area (Å²) in [6.45, 7) is 0.944. The zero-order valence-electron chi connectivity index (χ0n) is 10.5. The lowest BCUT2D eigenvalue weighted by atomic mass is 10.1. The van der Waals surface area contributed by atoms with E-state index in [4.69, 9.17) is 23.2 Å². The molecule has 0 saturated heterocycles. The zero-order chi connectivity index (χ0) is 14.1. The molecule has 2 N–H and O–H groups in total. The zero-order valence-corrected chi connectivity index (χ0v) is 12.1. The van der Waals surface area contributed by atoms with Gasteiger partial charge >= 0.3 is 0 Å². The molecule has 1 amide bonds. The molecule has 0 saturated carbocycles. The number of hydrogen-bond acceptors (Lipinski definition) is 2. The number of anilines is 2. The van der Waals surface area contributed by atoms with Crippen LogP contribution in [0.4, 0.5) is 11.4 Å². The summed E-state index contributed by atoms with van der Waals surface area (Å²) in [5.41, 5.74) is 3.62. The third kappa shape index (κ3) is 2.60. The summed E-state index contributed by atoms with van der Waals surface area (Å²) in [7, 11) is 0. The minimum absolute atomic E-state index is 0.200. The van der Waals surface area contributed by atoms with E-state index in [1.165, 1.54) is 5.56 Å². The number of nitrogens with one attached hydrogen (secondary N) is 2. The highest BCUT2D eigenvalue weighted by Crippen LogP contribution is 2.26. The Morgan fingerprint density at radius 3 is 2.75 bits per heavy atom. The Morgan fingerprint density at radius 1 is 1.10 bits per heavy atom. The molecule has 0 aliphatic carbocycles. The quantitative estimate of drug-likeness (QED) is 0.872. The van der Waals surface area contributed by atoms with Crippen LogP contribution >= 0.6 is 23.2 Å². The first-order valence-electron chi connectivity index (χ1n) is 6.27. The average Bonchev–Trinajstić information content (AvgIpc) is 2.89. The molecular formula is C15H12Cl2N2O. The fraction of sp³-hybridized carbons (Fsp3) is 0.133. The van der Waals surface area contributed by atoms with E-state index in [0.717, 1.165) is 24.3 Å². The van der Waals surface area contributed by atoms with Crippen LogP contribution in [0, 0.1) is 0 Å². The van der Waals surface area contributed by atoms with Gasteiger partial charge in [0, 0.05) is 23.5 Å². The van der Waals surface area contributed by atoms with Crippen molar-refractivity contribution in [2.75, 3.05) is 17.2 Å². The highest BCUT2D eigenvalue weighted by Gasteiger charge is 2.12. The number of rotatable bonds is 2. The van der Waals surface area contributed by atoms with Crippen LogP contribution in [0.3, 0.4) is 0 Å². The monoisotopic (exact) mass is 306 g/mol. The van der Waals surface area contributed by atoms with Gasteiger partial charge in [-0.1, -0.05) is 23.2 Å². The van der Waals surface area contributed by atoms with Gasteiger partial charge in [0.15, 0.2) is 0 Å². The molecule has 102 valence electrons. The Labute approximate surface area is 126 Å². The van der Waals surface area contributed by atoms with Gasteiger partial charge in [0.2, 0.25) is 0 Å². The fourth-order valence-electron chi connectivity index (χ4n) is 2.22. The first kappa shape index (κ1) is 13.3. The number of carbonyl (C=O) groups is 1. The average molecular weight is 307 g/mol. The first-order valence-corrected chi connectivity index (χ1v) is 7.02. The Hall–Kier alpha value is -1.71. The van der Waals surface area contributed by atoms with Crippen molar-refractivity contribution in [3.63, 3.8) is 0 Å². The largest absolute Gasteiger partial charge is 0.384 e. The van der Waals surface area contributed by atoms with Crippen LogP contribution in [0.5, 0.6) is 0 Å². The summed E-state index contributed by atoms with van der Waals surface area (Å²) < 4.78 is 0. The standard InChI is InChI=1S/C15H12Cl2N2O/c16-12-3-1-10(8-13(12)17)15(20)19-11-2-4-14-9(7-11)5-6-18-14/h1-4,7-8,18H,5-6H2,(H,19,20). The van der Waals surface area contributed by atoms with Gasteiger partial charge in [0.1, 0.15) is 0 Å². The van der Waals surface area contributed by atoms with Gasteiger partial charge in [0.25, 0.3) is 5.91 Å². The van der Waals surface area contributed by atoms with Gasteiger partial charge < -0.3 is 10.6 Å². The van der Waals surface area contributed by atoms with Crippen molar-refractivity contribution in [2.45, 2.75) is 6.42 Å². The van der Waals surface area contributed by atoms with E-state index in [1.807, 2.05) is 18.2 Å². The van der Waals surface area contributed by atoms with Crippen LogP contribution in [-0.2, 0) is 6.42 Å². The number of hydrogen-bond donors (Lipinski definition) is 2. The molecule has 0 aromatic heterocycles. The van der Waals surface area contributed by atoms with E-state index in [-0.39, 0.29) is 5.91 Å². The van der Waals surface area contributed by atoms with Crippen molar-refractivity contribution in [1.82, 2.24) is 0 Å². The van der Waals surface area contributed by atoms with E-state index in [9.17, 15) is 4.79 Å². The lowest BCUT2D eigenvalue weighted by Gasteiger charge is -2.08. The summed E-state index contributed by atoms with van der Waals surface area (Å²) in [6.07, 6.45) is 0.978. The lowest BCUT2D eigenvalue weighted by molar-refractivity contribution is 0.102. The lowest BCUT2D eigenvalue weighted by Crippen LogP contribution is -2.11. The molecule has 1 aliphatic heterocycles. The minimum atomic E-state index is -0.200. The van der Waals surface area contributed by atoms with Crippen LogP contribution in [0.25, 0.3) is 0 Å². The smallest absolute Gasteiger partial charge is 0.255 e. The van der Waals surface area contributed by atoms with Crippen LogP contribution in [0.1, 0.15) is 15.9 Å². The van der Waals surface area contributed by atoms with Gasteiger partial charge in [-0.2, -0.15) is 0 Å². The third-order valence-corrected chi connectivity index (χ3v) is 3.99. The van der Waals surface area contributed by atoms with E-state index in [0.29, 0.717) is 15.6 Å². The fourth-order valence-corrected chi connectivity index (χ4v) is 2.52. The third-order valence-electron chi connectivity index (χ3n) is 3.25. The van der Waals surface area contributed by atoms with Crippen molar-refractivity contribution >= 4 is 40.5 Å². The Kier molecular flexibility index (Phi) is 3.55. The van der Waals surface area contributed by atoms with Gasteiger partial charge in [-0.25, -0.2) is 0 Å². The predicted molar refractivity (Wildman–Crippen MR) is 83.1 cm³/mol. The molecule has 3 nitrogen and oxygen atoms in total. The molecule has 0 radical (unpaired) electrons. The van der Waals surface area contributed by atoms with Crippen molar-refractivity contribution in [1.29, 1.82) is 0 Å². The van der Waals surface area contributed by atoms with Crippen LogP contribution in [0.2, 0.25) is 10.0 Å². The number of halogens is 2. The molecule has 3 rings (SSSR count). The summed E-state index contributed by atoms with van der Waals surface area (Å²) >= 11 is 11.8. The number of carbonyl (C=O) groups excluding carboxylic acids is 1. The molecule has 0 unspecified atom stereocenters. The summed E-state index contributed by atoms with van der Waals surface area (Å²) in [5, 5.41) is 6.96. The molecule has 1 heterocycles. The molecule has 0 atom stereocenters. The molecular weight excluding hydrogens is 295 g/mol. The van der Waals surface area contributed by atoms with Gasteiger partial charge in [-0.15, -0.1) is 0 Å². The maximum atomic E-state index is 12.1. The number of fused-ring (bicyclic) bond motifs is 1. The van der Waals surface area contributed by atoms with Gasteiger partial charge in [-0.05, 0) is 48.4 Å². The molecule has 20 heavy (non-hydrogen) atoms. The molecule has 2 aromatic carbocycles. The predicted octanol–water partition coefficient (Wildman–Crippen LogP) is 4.21. The maximum Gasteiger partial charge on any atom is 0.255 e. The summed E-state index contributed by atoms with van der Waals surface area (Å²) in [4.78, 5) is 12.1. The van der Waals surface area contributed by atoms with E-state index >= 15 is 0 Å². The maximum absolute atomic E-state index is 12.1.